The average Bonchev–Trinajstić information content (AvgIpc) is 3.53. The zero-order valence-corrected chi connectivity index (χ0v) is 21.0. The van der Waals surface area contributed by atoms with Crippen LogP contribution in [0.15, 0.2) is 36.4 Å². The van der Waals surface area contributed by atoms with E-state index in [0.29, 0.717) is 29.7 Å². The van der Waals surface area contributed by atoms with Crippen molar-refractivity contribution in [1.29, 1.82) is 0 Å². The maximum Gasteiger partial charge on any atom is 0.436 e. The van der Waals surface area contributed by atoms with Crippen LogP contribution >= 0.6 is 22.9 Å². The number of fused-ring (bicyclic) bond motifs is 1. The van der Waals surface area contributed by atoms with Gasteiger partial charge in [-0.1, -0.05) is 41.9 Å². The van der Waals surface area contributed by atoms with E-state index in [-0.39, 0.29) is 38.0 Å². The summed E-state index contributed by atoms with van der Waals surface area (Å²) in [5.41, 5.74) is 3.15. The van der Waals surface area contributed by atoms with E-state index in [9.17, 15) is 35.9 Å². The predicted octanol–water partition coefficient (Wildman–Crippen LogP) is 6.47. The van der Waals surface area contributed by atoms with Crippen LogP contribution in [0.25, 0.3) is 21.3 Å². The van der Waals surface area contributed by atoms with Gasteiger partial charge in [0.2, 0.25) is 5.91 Å². The summed E-state index contributed by atoms with van der Waals surface area (Å²) >= 11 is 6.52. The monoisotopic (exact) mass is 587 g/mol. The van der Waals surface area contributed by atoms with E-state index in [1.807, 2.05) is 0 Å². The molecule has 7 nitrogen and oxygen atoms in total. The van der Waals surface area contributed by atoms with Crippen molar-refractivity contribution in [3.05, 3.63) is 63.4 Å². The van der Waals surface area contributed by atoms with Crippen LogP contribution in [0, 0.1) is 0 Å². The number of carbonyl (C=O) groups excluding carboxylic acids is 2. The molecule has 0 bridgehead atoms. The van der Waals surface area contributed by atoms with Crippen LogP contribution in [-0.2, 0) is 23.7 Å². The molecule has 204 valence electrons. The molecular weight excluding hydrogens is 572 g/mol. The van der Waals surface area contributed by atoms with Crippen LogP contribution in [0.4, 0.5) is 32.0 Å². The summed E-state index contributed by atoms with van der Waals surface area (Å²) in [5, 5.41) is 5.39. The molecule has 4 aromatic rings. The van der Waals surface area contributed by atoms with Gasteiger partial charge in [0.25, 0.3) is 5.91 Å². The molecule has 1 aliphatic rings. The van der Waals surface area contributed by atoms with Crippen LogP contribution in [0.3, 0.4) is 0 Å². The number of halogens is 7. The lowest BCUT2D eigenvalue weighted by Gasteiger charge is -2.13. The van der Waals surface area contributed by atoms with Gasteiger partial charge in [-0.25, -0.2) is 4.98 Å². The molecule has 3 N–H and O–H groups in total. The van der Waals surface area contributed by atoms with Gasteiger partial charge < -0.3 is 11.1 Å². The van der Waals surface area contributed by atoms with E-state index in [2.05, 4.69) is 15.4 Å². The first-order chi connectivity index (χ1) is 18.3. The summed E-state index contributed by atoms with van der Waals surface area (Å²) in [4.78, 5) is 28.5. The molecule has 1 fully saturated rings. The molecule has 3 heterocycles. The van der Waals surface area contributed by atoms with E-state index in [1.165, 1.54) is 12.1 Å². The molecule has 0 unspecified atom stereocenters. The lowest BCUT2D eigenvalue weighted by Crippen LogP contribution is -2.23. The summed E-state index contributed by atoms with van der Waals surface area (Å²) in [7, 11) is 0. The topological polar surface area (TPSA) is 103 Å². The minimum absolute atomic E-state index is 0.0205. The maximum atomic E-state index is 13.6. The van der Waals surface area contributed by atoms with Crippen molar-refractivity contribution in [2.24, 2.45) is 5.73 Å². The Morgan fingerprint density at radius 2 is 1.77 bits per heavy atom. The van der Waals surface area contributed by atoms with Crippen molar-refractivity contribution in [2.45, 2.75) is 37.7 Å². The third-order valence-electron chi connectivity index (χ3n) is 5.98. The molecule has 0 aliphatic heterocycles. The van der Waals surface area contributed by atoms with Gasteiger partial charge in [-0.15, -0.1) is 11.3 Å². The van der Waals surface area contributed by atoms with E-state index >= 15 is 0 Å². The third kappa shape index (κ3) is 5.17. The maximum absolute atomic E-state index is 13.6. The van der Waals surface area contributed by atoms with Crippen molar-refractivity contribution >= 4 is 50.7 Å². The number of amides is 2. The van der Waals surface area contributed by atoms with Crippen LogP contribution in [0.2, 0.25) is 5.02 Å². The third-order valence-corrected chi connectivity index (χ3v) is 7.45. The first kappa shape index (κ1) is 26.9. The fourth-order valence-electron chi connectivity index (χ4n) is 4.20. The molecule has 5 rings (SSSR count). The molecule has 1 saturated carbocycles. The number of benzene rings is 1. The van der Waals surface area contributed by atoms with Gasteiger partial charge in [-0.2, -0.15) is 31.4 Å². The van der Waals surface area contributed by atoms with Crippen LogP contribution in [-0.4, -0.2) is 26.6 Å². The number of pyridine rings is 1. The van der Waals surface area contributed by atoms with Crippen molar-refractivity contribution in [2.75, 3.05) is 5.32 Å². The first-order valence-electron chi connectivity index (χ1n) is 11.3. The number of rotatable bonds is 6. The lowest BCUT2D eigenvalue weighted by atomic mass is 10.0. The van der Waals surface area contributed by atoms with Crippen molar-refractivity contribution in [3.8, 4) is 11.1 Å². The zero-order valence-electron chi connectivity index (χ0n) is 19.5. The largest absolute Gasteiger partial charge is 0.436 e. The molecule has 3 aromatic heterocycles. The normalized spacial score (nSPS) is 14.1. The van der Waals surface area contributed by atoms with Crippen molar-refractivity contribution in [1.82, 2.24) is 14.8 Å². The van der Waals surface area contributed by atoms with E-state index in [4.69, 9.17) is 17.3 Å². The second kappa shape index (κ2) is 9.52. The molecule has 1 aliphatic carbocycles. The number of primary amides is 1. The summed E-state index contributed by atoms with van der Waals surface area (Å²) in [6, 6.07) is 8.70. The summed E-state index contributed by atoms with van der Waals surface area (Å²) in [6.07, 6.45) is -8.53. The fourth-order valence-corrected chi connectivity index (χ4v) is 5.60. The number of nitrogens with one attached hydrogen (secondary N) is 1. The number of nitrogens with zero attached hydrogens (tertiary/aromatic N) is 3. The van der Waals surface area contributed by atoms with Gasteiger partial charge >= 0.3 is 12.4 Å². The quantitative estimate of drug-likeness (QED) is 0.253. The SMILES string of the molecule is NC(=O)c1sc2nc(C(F)(F)F)cc(-c3ccccc3)c2c1NC(=O)Cn1nc(C(F)(F)F)c(Cl)c1C1CC1. The van der Waals surface area contributed by atoms with Gasteiger partial charge in [-0.05, 0) is 30.0 Å². The number of thiophene rings is 1. The standard InChI is InChI=1S/C24H16ClF6N5O2S/c25-16-18(11-6-7-11)36(35-20(16)24(29,30)31)9-14(37)34-17-15-12(10-4-2-1-3-5-10)8-13(23(26,27)28)33-22(15)39-19(17)21(32)38/h1-5,8,11H,6-7,9H2,(H2,32,38)(H,34,37). The number of alkyl halides is 6. The molecule has 0 atom stereocenters. The van der Waals surface area contributed by atoms with E-state index in [1.54, 1.807) is 18.2 Å². The van der Waals surface area contributed by atoms with Gasteiger partial charge in [0.15, 0.2) is 5.69 Å². The van der Waals surface area contributed by atoms with Crippen molar-refractivity contribution in [3.63, 3.8) is 0 Å². The average molecular weight is 588 g/mol. The predicted molar refractivity (Wildman–Crippen MR) is 131 cm³/mol. The fraction of sp³-hybridized carbons (Fsp3) is 0.250. The minimum atomic E-state index is -4.85. The van der Waals surface area contributed by atoms with E-state index < -0.39 is 47.1 Å². The molecule has 2 amide bonds. The van der Waals surface area contributed by atoms with Crippen LogP contribution < -0.4 is 11.1 Å². The van der Waals surface area contributed by atoms with Crippen LogP contribution in [0.1, 0.15) is 45.5 Å². The van der Waals surface area contributed by atoms with Gasteiger partial charge in [-0.3, -0.25) is 14.3 Å². The van der Waals surface area contributed by atoms with Gasteiger partial charge in [0.05, 0.1) is 16.4 Å². The molecular formula is C24H16ClF6N5O2S. The summed E-state index contributed by atoms with van der Waals surface area (Å²) < 4.78 is 82.0. The molecule has 0 saturated heterocycles. The molecule has 1 aromatic carbocycles. The number of anilines is 1. The Morgan fingerprint density at radius 3 is 2.33 bits per heavy atom. The smallest absolute Gasteiger partial charge is 0.365 e. The molecule has 0 radical (unpaired) electrons. The summed E-state index contributed by atoms with van der Waals surface area (Å²) in [6.45, 7) is -0.702. The highest BCUT2D eigenvalue weighted by Crippen LogP contribution is 2.47. The minimum Gasteiger partial charge on any atom is -0.365 e. The zero-order chi connectivity index (χ0) is 28.3. The summed E-state index contributed by atoms with van der Waals surface area (Å²) in [5.74, 6) is -2.24. The Balaban J connectivity index is 1.61. The van der Waals surface area contributed by atoms with E-state index in [0.717, 1.165) is 10.7 Å². The number of aromatic nitrogens is 3. The van der Waals surface area contributed by atoms with Gasteiger partial charge in [0.1, 0.15) is 21.9 Å². The molecule has 15 heteroatoms. The Morgan fingerprint density at radius 1 is 1.10 bits per heavy atom. The Labute approximate surface area is 224 Å². The number of carbonyl (C=O) groups is 2. The Hall–Kier alpha value is -3.65. The van der Waals surface area contributed by atoms with Crippen molar-refractivity contribution < 1.29 is 35.9 Å². The second-order valence-electron chi connectivity index (χ2n) is 8.80. The Bertz CT molecular complexity index is 1610. The van der Waals surface area contributed by atoms with Crippen LogP contribution in [0.5, 0.6) is 0 Å². The number of nitrogens with two attached hydrogens (primary N) is 1. The highest BCUT2D eigenvalue weighted by molar-refractivity contribution is 7.21. The number of hydrogen-bond donors (Lipinski definition) is 2. The second-order valence-corrected chi connectivity index (χ2v) is 10.2. The highest BCUT2D eigenvalue weighted by Gasteiger charge is 2.42. The molecule has 0 spiro atoms. The first-order valence-corrected chi connectivity index (χ1v) is 12.5. The molecule has 39 heavy (non-hydrogen) atoms. The number of hydrogen-bond acceptors (Lipinski definition) is 5. The Kier molecular flexibility index (Phi) is 6.58. The highest BCUT2D eigenvalue weighted by atomic mass is 35.5. The lowest BCUT2D eigenvalue weighted by molar-refractivity contribution is -0.142. The van der Waals surface area contributed by atoms with Gasteiger partial charge in [0, 0.05) is 11.3 Å².